The third-order valence-corrected chi connectivity index (χ3v) is 5.53. The molecule has 0 aliphatic carbocycles. The number of rotatable bonds is 5. The Labute approximate surface area is 153 Å². The minimum atomic E-state index is -0.501. The fraction of sp³-hybridized carbons (Fsp3) is 0.611. The Morgan fingerprint density at radius 2 is 1.83 bits per heavy atom. The third kappa shape index (κ3) is 4.03. The van der Waals surface area contributed by atoms with E-state index in [1.807, 2.05) is 59.7 Å². The zero-order valence-electron chi connectivity index (χ0n) is 15.3. The standard InChI is InChI=1S/C18H26BBrO4/c1-7-22-16(21)11-14(13-9-8-12(2)10-15(13)20)19-23-17(3,4)18(5,6)24-19/h8-10,14H,7,11H2,1-6H3. The summed E-state index contributed by atoms with van der Waals surface area (Å²) in [5.74, 6) is -0.482. The van der Waals surface area contributed by atoms with Gasteiger partial charge in [-0.2, -0.15) is 0 Å². The number of halogens is 1. The first-order valence-corrected chi connectivity index (χ1v) is 9.14. The van der Waals surface area contributed by atoms with Crippen LogP contribution in [0.4, 0.5) is 0 Å². The van der Waals surface area contributed by atoms with Crippen molar-refractivity contribution in [3.05, 3.63) is 33.8 Å². The molecule has 1 heterocycles. The van der Waals surface area contributed by atoms with E-state index in [0.717, 1.165) is 15.6 Å². The maximum absolute atomic E-state index is 12.1. The molecule has 0 bridgehead atoms. The highest BCUT2D eigenvalue weighted by molar-refractivity contribution is 9.10. The van der Waals surface area contributed by atoms with Gasteiger partial charge in [0.05, 0.1) is 24.2 Å². The van der Waals surface area contributed by atoms with Gasteiger partial charge in [0.1, 0.15) is 0 Å². The summed E-state index contributed by atoms with van der Waals surface area (Å²) in [4.78, 5) is 12.1. The van der Waals surface area contributed by atoms with Crippen molar-refractivity contribution in [2.24, 2.45) is 0 Å². The van der Waals surface area contributed by atoms with Gasteiger partial charge in [-0.1, -0.05) is 28.1 Å². The van der Waals surface area contributed by atoms with Crippen molar-refractivity contribution in [2.75, 3.05) is 6.61 Å². The highest BCUT2D eigenvalue weighted by Gasteiger charge is 2.54. The quantitative estimate of drug-likeness (QED) is 0.545. The Hall–Kier alpha value is -0.845. The van der Waals surface area contributed by atoms with Crippen LogP contribution in [0, 0.1) is 6.92 Å². The molecule has 0 aromatic heterocycles. The van der Waals surface area contributed by atoms with Crippen LogP contribution in [0.25, 0.3) is 0 Å². The summed E-state index contributed by atoms with van der Waals surface area (Å²) in [5.41, 5.74) is 1.25. The van der Waals surface area contributed by atoms with Crippen molar-refractivity contribution in [1.82, 2.24) is 0 Å². The molecule has 1 atom stereocenters. The molecule has 132 valence electrons. The van der Waals surface area contributed by atoms with E-state index in [4.69, 9.17) is 14.0 Å². The molecule has 0 spiro atoms. The molecule has 24 heavy (non-hydrogen) atoms. The number of ether oxygens (including phenoxy) is 1. The van der Waals surface area contributed by atoms with Crippen molar-refractivity contribution >= 4 is 29.0 Å². The van der Waals surface area contributed by atoms with Crippen molar-refractivity contribution in [3.63, 3.8) is 0 Å². The smallest absolute Gasteiger partial charge is 0.466 e. The van der Waals surface area contributed by atoms with Crippen LogP contribution in [0.1, 0.15) is 58.0 Å². The van der Waals surface area contributed by atoms with Crippen LogP contribution in [0.2, 0.25) is 0 Å². The second-order valence-electron chi connectivity index (χ2n) is 7.27. The largest absolute Gasteiger partial charge is 0.466 e. The molecule has 0 amide bonds. The van der Waals surface area contributed by atoms with Crippen molar-refractivity contribution < 1.29 is 18.8 Å². The topological polar surface area (TPSA) is 44.8 Å². The number of benzene rings is 1. The van der Waals surface area contributed by atoms with E-state index in [0.29, 0.717) is 6.61 Å². The summed E-state index contributed by atoms with van der Waals surface area (Å²) in [6, 6.07) is 6.09. The fourth-order valence-corrected chi connectivity index (χ4v) is 3.53. The van der Waals surface area contributed by atoms with Gasteiger partial charge in [0.2, 0.25) is 0 Å². The summed E-state index contributed by atoms with van der Waals surface area (Å²) in [7, 11) is -0.501. The van der Waals surface area contributed by atoms with Crippen LogP contribution in [0.15, 0.2) is 22.7 Å². The number of carbonyl (C=O) groups excluding carboxylic acids is 1. The summed E-state index contributed by atoms with van der Waals surface area (Å²) in [5, 5.41) is 0. The summed E-state index contributed by atoms with van der Waals surface area (Å²) in [6.07, 6.45) is 0.215. The average Bonchev–Trinajstić information content (AvgIpc) is 2.65. The Bertz CT molecular complexity index is 599. The lowest BCUT2D eigenvalue weighted by Crippen LogP contribution is -2.41. The first-order chi connectivity index (χ1) is 11.1. The number of carbonyl (C=O) groups is 1. The maximum Gasteiger partial charge on any atom is 0.466 e. The van der Waals surface area contributed by atoms with E-state index in [9.17, 15) is 4.79 Å². The van der Waals surface area contributed by atoms with Gasteiger partial charge in [0, 0.05) is 10.3 Å². The predicted octanol–water partition coefficient (Wildman–Crippen LogP) is 4.43. The second-order valence-corrected chi connectivity index (χ2v) is 8.12. The van der Waals surface area contributed by atoms with Crippen LogP contribution in [0.3, 0.4) is 0 Å². The molecule has 1 fully saturated rings. The highest BCUT2D eigenvalue weighted by atomic mass is 79.9. The molecule has 0 saturated carbocycles. The summed E-state index contributed by atoms with van der Waals surface area (Å²) < 4.78 is 18.5. The van der Waals surface area contributed by atoms with Gasteiger partial charge in [-0.3, -0.25) is 4.79 Å². The van der Waals surface area contributed by atoms with Gasteiger partial charge in [0.25, 0.3) is 0 Å². The first-order valence-electron chi connectivity index (χ1n) is 8.34. The molecule has 1 saturated heterocycles. The van der Waals surface area contributed by atoms with E-state index in [-0.39, 0.29) is 18.2 Å². The van der Waals surface area contributed by atoms with Crippen LogP contribution in [-0.4, -0.2) is 30.9 Å². The Balaban J connectivity index is 2.35. The molecule has 1 aliphatic heterocycles. The van der Waals surface area contributed by atoms with E-state index in [1.54, 1.807) is 0 Å². The molecule has 4 nitrogen and oxygen atoms in total. The highest BCUT2D eigenvalue weighted by Crippen LogP contribution is 2.43. The minimum absolute atomic E-state index is 0.215. The van der Waals surface area contributed by atoms with Gasteiger partial charge < -0.3 is 14.0 Å². The van der Waals surface area contributed by atoms with Gasteiger partial charge in [0.15, 0.2) is 0 Å². The van der Waals surface area contributed by atoms with Gasteiger partial charge in [-0.25, -0.2) is 0 Å². The second kappa shape index (κ2) is 7.18. The zero-order chi connectivity index (χ0) is 18.1. The summed E-state index contributed by atoms with van der Waals surface area (Å²) >= 11 is 3.62. The maximum atomic E-state index is 12.1. The van der Waals surface area contributed by atoms with Gasteiger partial charge >= 0.3 is 13.1 Å². The Kier molecular flexibility index (Phi) is 5.83. The Morgan fingerprint density at radius 1 is 1.25 bits per heavy atom. The lowest BCUT2D eigenvalue weighted by molar-refractivity contribution is -0.143. The molecule has 1 aromatic carbocycles. The van der Waals surface area contributed by atoms with Crippen molar-refractivity contribution in [3.8, 4) is 0 Å². The van der Waals surface area contributed by atoms with E-state index in [2.05, 4.69) is 15.9 Å². The van der Waals surface area contributed by atoms with Gasteiger partial charge in [-0.05, 0) is 58.7 Å². The number of aryl methyl sites for hydroxylation is 1. The Morgan fingerprint density at radius 3 is 2.33 bits per heavy atom. The third-order valence-electron chi connectivity index (χ3n) is 4.85. The molecule has 1 aromatic rings. The fourth-order valence-electron chi connectivity index (χ4n) is 2.74. The lowest BCUT2D eigenvalue weighted by atomic mass is 9.66. The monoisotopic (exact) mass is 396 g/mol. The molecule has 0 N–H and O–H groups in total. The minimum Gasteiger partial charge on any atom is -0.466 e. The van der Waals surface area contributed by atoms with Crippen LogP contribution < -0.4 is 0 Å². The van der Waals surface area contributed by atoms with Crippen LogP contribution >= 0.6 is 15.9 Å². The molecular formula is C18H26BBrO4. The van der Waals surface area contributed by atoms with E-state index < -0.39 is 18.3 Å². The summed E-state index contributed by atoms with van der Waals surface area (Å²) in [6.45, 7) is 12.3. The van der Waals surface area contributed by atoms with Crippen molar-refractivity contribution in [1.29, 1.82) is 0 Å². The number of hydrogen-bond donors (Lipinski definition) is 0. The van der Waals surface area contributed by atoms with E-state index in [1.165, 1.54) is 0 Å². The van der Waals surface area contributed by atoms with E-state index >= 15 is 0 Å². The average molecular weight is 397 g/mol. The number of hydrogen-bond acceptors (Lipinski definition) is 4. The first kappa shape index (κ1) is 19.5. The molecule has 1 aliphatic rings. The van der Waals surface area contributed by atoms with Gasteiger partial charge in [-0.15, -0.1) is 0 Å². The van der Waals surface area contributed by atoms with Crippen LogP contribution in [0.5, 0.6) is 0 Å². The van der Waals surface area contributed by atoms with Crippen molar-refractivity contribution in [2.45, 2.75) is 65.0 Å². The molecule has 6 heteroatoms. The van der Waals surface area contributed by atoms with Crippen LogP contribution in [-0.2, 0) is 18.8 Å². The zero-order valence-corrected chi connectivity index (χ0v) is 16.9. The lowest BCUT2D eigenvalue weighted by Gasteiger charge is -2.32. The predicted molar refractivity (Wildman–Crippen MR) is 99.0 cm³/mol. The molecular weight excluding hydrogens is 371 g/mol. The molecule has 2 rings (SSSR count). The number of esters is 1. The molecule has 1 unspecified atom stereocenters. The SMILES string of the molecule is CCOC(=O)CC(B1OC(C)(C)C(C)(C)O1)c1ccc(C)cc1Br. The normalized spacial score (nSPS) is 20.0. The molecule has 0 radical (unpaired) electrons.